The molecule has 0 saturated heterocycles. The molecule has 0 spiro atoms. The van der Waals surface area contributed by atoms with Gasteiger partial charge in [0.05, 0.1) is 12.0 Å². The number of thioether (sulfide) groups is 1. The number of carbonyl (C=O) groups excluding carboxylic acids is 1. The minimum atomic E-state index is -0.313. The molecule has 3 N–H and O–H groups in total. The molecule has 0 aliphatic heterocycles. The number of amides is 1. The van der Waals surface area contributed by atoms with Gasteiger partial charge in [0.15, 0.2) is 11.0 Å². The Morgan fingerprint density at radius 2 is 2.00 bits per heavy atom. The highest BCUT2D eigenvalue weighted by Crippen LogP contribution is 2.23. The summed E-state index contributed by atoms with van der Waals surface area (Å²) in [5.41, 5.74) is 3.74. The van der Waals surface area contributed by atoms with Crippen LogP contribution in [0.4, 0.5) is 0 Å². The molecule has 1 heterocycles. The molecule has 3 rings (SSSR count). The van der Waals surface area contributed by atoms with Crippen LogP contribution in [0, 0.1) is 0 Å². The van der Waals surface area contributed by atoms with E-state index in [1.165, 1.54) is 36.2 Å². The van der Waals surface area contributed by atoms with Crippen LogP contribution in [0.1, 0.15) is 12.5 Å². The van der Waals surface area contributed by atoms with Crippen molar-refractivity contribution in [3.8, 4) is 22.9 Å². The maximum atomic E-state index is 12.0. The highest BCUT2D eigenvalue weighted by atomic mass is 32.2. The summed E-state index contributed by atoms with van der Waals surface area (Å²) >= 11 is 1.27. The number of nitrogens with zero attached hydrogens (tertiary/aromatic N) is 4. The molecule has 0 aliphatic rings. The first-order chi connectivity index (χ1) is 13.6. The van der Waals surface area contributed by atoms with Gasteiger partial charge in [0.1, 0.15) is 11.5 Å². The van der Waals surface area contributed by atoms with Gasteiger partial charge in [-0.2, -0.15) is 5.10 Å². The molecule has 0 atom stereocenters. The summed E-state index contributed by atoms with van der Waals surface area (Å²) in [6, 6.07) is 13.8. The van der Waals surface area contributed by atoms with Crippen molar-refractivity contribution >= 4 is 23.9 Å². The van der Waals surface area contributed by atoms with Crippen molar-refractivity contribution in [1.82, 2.24) is 20.2 Å². The molecule has 9 heteroatoms. The Balaban J connectivity index is 1.59. The SMILES string of the molecule is CCn1c(SCC(=O)N/N=C\c2ccc(O)cc2O)nnc1-c1ccccc1. The Kier molecular flexibility index (Phi) is 6.28. The van der Waals surface area contributed by atoms with Crippen LogP contribution in [-0.4, -0.2) is 42.9 Å². The van der Waals surface area contributed by atoms with E-state index in [1.54, 1.807) is 0 Å². The summed E-state index contributed by atoms with van der Waals surface area (Å²) in [6.45, 7) is 2.67. The zero-order valence-electron chi connectivity index (χ0n) is 15.1. The monoisotopic (exact) mass is 397 g/mol. The molecule has 0 unspecified atom stereocenters. The van der Waals surface area contributed by atoms with Gasteiger partial charge in [-0.1, -0.05) is 42.1 Å². The zero-order valence-corrected chi connectivity index (χ0v) is 15.9. The minimum Gasteiger partial charge on any atom is -0.508 e. The average Bonchev–Trinajstić information content (AvgIpc) is 3.11. The number of hydrogen-bond donors (Lipinski definition) is 3. The topological polar surface area (TPSA) is 113 Å². The van der Waals surface area contributed by atoms with Gasteiger partial charge < -0.3 is 14.8 Å². The second-order valence-corrected chi connectivity index (χ2v) is 6.68. The number of rotatable bonds is 7. The molecule has 144 valence electrons. The summed E-state index contributed by atoms with van der Waals surface area (Å²) in [7, 11) is 0. The van der Waals surface area contributed by atoms with Crippen LogP contribution in [-0.2, 0) is 11.3 Å². The minimum absolute atomic E-state index is 0.0509. The highest BCUT2D eigenvalue weighted by molar-refractivity contribution is 7.99. The van der Waals surface area contributed by atoms with Crippen LogP contribution < -0.4 is 5.43 Å². The second kappa shape index (κ2) is 9.05. The Hall–Kier alpha value is -3.33. The molecular weight excluding hydrogens is 378 g/mol. The number of hydrogen-bond acceptors (Lipinski definition) is 7. The van der Waals surface area contributed by atoms with Crippen molar-refractivity contribution in [3.63, 3.8) is 0 Å². The summed E-state index contributed by atoms with van der Waals surface area (Å²) in [4.78, 5) is 12.0. The first kappa shape index (κ1) is 19.4. The van der Waals surface area contributed by atoms with E-state index in [2.05, 4.69) is 20.7 Å². The fraction of sp³-hybridized carbons (Fsp3) is 0.158. The van der Waals surface area contributed by atoms with Gasteiger partial charge in [-0.15, -0.1) is 10.2 Å². The van der Waals surface area contributed by atoms with E-state index < -0.39 is 0 Å². The van der Waals surface area contributed by atoms with Gasteiger partial charge in [0.2, 0.25) is 0 Å². The number of phenolic OH excluding ortho intramolecular Hbond substituents is 2. The first-order valence-electron chi connectivity index (χ1n) is 8.53. The number of aromatic hydroxyl groups is 2. The summed E-state index contributed by atoms with van der Waals surface area (Å²) in [5.74, 6) is 0.381. The third-order valence-electron chi connectivity index (χ3n) is 3.80. The lowest BCUT2D eigenvalue weighted by Gasteiger charge is -2.06. The molecule has 0 fully saturated rings. The molecule has 1 amide bonds. The van der Waals surface area contributed by atoms with Crippen LogP contribution in [0.5, 0.6) is 11.5 Å². The summed E-state index contributed by atoms with van der Waals surface area (Å²) in [6.07, 6.45) is 1.30. The van der Waals surface area contributed by atoms with E-state index in [-0.39, 0.29) is 23.2 Å². The van der Waals surface area contributed by atoms with E-state index in [4.69, 9.17) is 0 Å². The maximum Gasteiger partial charge on any atom is 0.250 e. The summed E-state index contributed by atoms with van der Waals surface area (Å²) in [5, 5.41) is 31.8. The molecule has 3 aromatic rings. The van der Waals surface area contributed by atoms with Crippen molar-refractivity contribution in [2.75, 3.05) is 5.75 Å². The smallest absolute Gasteiger partial charge is 0.250 e. The molecule has 1 aromatic heterocycles. The Morgan fingerprint density at radius 3 is 2.71 bits per heavy atom. The number of aromatic nitrogens is 3. The van der Waals surface area contributed by atoms with Crippen molar-refractivity contribution < 1.29 is 15.0 Å². The van der Waals surface area contributed by atoms with Gasteiger partial charge in [0.25, 0.3) is 5.91 Å². The lowest BCUT2D eigenvalue weighted by Crippen LogP contribution is -2.20. The molecule has 0 radical (unpaired) electrons. The molecule has 2 aromatic carbocycles. The van der Waals surface area contributed by atoms with E-state index >= 15 is 0 Å². The molecule has 0 saturated carbocycles. The molecule has 28 heavy (non-hydrogen) atoms. The van der Waals surface area contributed by atoms with E-state index in [0.717, 1.165) is 11.4 Å². The van der Waals surface area contributed by atoms with Gasteiger partial charge in [-0.3, -0.25) is 4.79 Å². The predicted octanol–water partition coefficient (Wildman–Crippen LogP) is 2.62. The second-order valence-electron chi connectivity index (χ2n) is 5.74. The maximum absolute atomic E-state index is 12.0. The van der Waals surface area contributed by atoms with Gasteiger partial charge in [-0.25, -0.2) is 5.43 Å². The predicted molar refractivity (Wildman–Crippen MR) is 107 cm³/mol. The number of hydrazone groups is 1. The third-order valence-corrected chi connectivity index (χ3v) is 4.77. The van der Waals surface area contributed by atoms with Crippen LogP contribution in [0.3, 0.4) is 0 Å². The van der Waals surface area contributed by atoms with E-state index in [9.17, 15) is 15.0 Å². The Labute approximate surface area is 165 Å². The largest absolute Gasteiger partial charge is 0.508 e. The van der Waals surface area contributed by atoms with Crippen molar-refractivity contribution in [1.29, 1.82) is 0 Å². The Morgan fingerprint density at radius 1 is 1.21 bits per heavy atom. The Bertz CT molecular complexity index is 988. The normalized spacial score (nSPS) is 11.0. The molecule has 0 aliphatic carbocycles. The van der Waals surface area contributed by atoms with Gasteiger partial charge in [0, 0.05) is 23.7 Å². The fourth-order valence-electron chi connectivity index (χ4n) is 2.46. The van der Waals surface area contributed by atoms with E-state index in [1.807, 2.05) is 41.8 Å². The number of benzene rings is 2. The number of phenols is 2. The van der Waals surface area contributed by atoms with Gasteiger partial charge in [-0.05, 0) is 19.1 Å². The average molecular weight is 397 g/mol. The van der Waals surface area contributed by atoms with Crippen LogP contribution in [0.15, 0.2) is 58.8 Å². The lowest BCUT2D eigenvalue weighted by molar-refractivity contribution is -0.118. The molecular formula is C19H19N5O3S. The van der Waals surface area contributed by atoms with Crippen LogP contribution >= 0.6 is 11.8 Å². The molecule has 8 nitrogen and oxygen atoms in total. The lowest BCUT2D eigenvalue weighted by atomic mass is 10.2. The van der Waals surface area contributed by atoms with Crippen LogP contribution in [0.2, 0.25) is 0 Å². The van der Waals surface area contributed by atoms with Crippen LogP contribution in [0.25, 0.3) is 11.4 Å². The highest BCUT2D eigenvalue weighted by Gasteiger charge is 2.14. The first-order valence-corrected chi connectivity index (χ1v) is 9.52. The standard InChI is InChI=1S/C19H19N5O3S/c1-2-24-18(13-6-4-3-5-7-13)22-23-19(24)28-12-17(27)21-20-11-14-8-9-15(25)10-16(14)26/h3-11,25-26H,2,12H2,1H3,(H,21,27)/b20-11-. The zero-order chi connectivity index (χ0) is 19.9. The summed E-state index contributed by atoms with van der Waals surface area (Å²) < 4.78 is 1.95. The number of carbonyl (C=O) groups is 1. The quantitative estimate of drug-likeness (QED) is 0.321. The van der Waals surface area contributed by atoms with Gasteiger partial charge >= 0.3 is 0 Å². The molecule has 0 bridgehead atoms. The van der Waals surface area contributed by atoms with Crippen molar-refractivity contribution in [2.45, 2.75) is 18.6 Å². The fourth-order valence-corrected chi connectivity index (χ4v) is 3.25. The third kappa shape index (κ3) is 4.68. The van der Waals surface area contributed by atoms with E-state index in [0.29, 0.717) is 17.3 Å². The number of nitrogens with one attached hydrogen (secondary N) is 1. The van der Waals surface area contributed by atoms with Crippen molar-refractivity contribution in [3.05, 3.63) is 54.1 Å². The van der Waals surface area contributed by atoms with Crippen molar-refractivity contribution in [2.24, 2.45) is 5.10 Å².